The predicted molar refractivity (Wildman–Crippen MR) is 247 cm³/mol. The Morgan fingerprint density at radius 1 is 0.550 bits per heavy atom. The first kappa shape index (κ1) is 55.6. The smallest absolute Gasteiger partial charge is 0.306 e. The zero-order valence-electron chi connectivity index (χ0n) is 37.9. The van der Waals surface area contributed by atoms with Crippen molar-refractivity contribution in [3.63, 3.8) is 0 Å². The first-order chi connectivity index (χ1) is 29.4. The fraction of sp³-hybridized carbons (Fsp3) is 0.745. The van der Waals surface area contributed by atoms with Crippen molar-refractivity contribution in [2.75, 3.05) is 26.4 Å². The third-order valence-corrected chi connectivity index (χ3v) is 10.6. The largest absolute Gasteiger partial charge is 0.457 e. The number of hydrogen-bond donors (Lipinski definition) is 4. The van der Waals surface area contributed by atoms with E-state index in [0.717, 1.165) is 44.9 Å². The van der Waals surface area contributed by atoms with Crippen LogP contribution in [-0.2, 0) is 23.7 Å². The van der Waals surface area contributed by atoms with Gasteiger partial charge in [-0.15, -0.1) is 0 Å². The molecule has 1 aliphatic heterocycles. The normalized spacial score (nSPS) is 20.7. The van der Waals surface area contributed by atoms with Gasteiger partial charge in [0.1, 0.15) is 30.5 Å². The van der Waals surface area contributed by atoms with Crippen molar-refractivity contribution in [2.45, 2.75) is 218 Å². The van der Waals surface area contributed by atoms with Gasteiger partial charge < -0.3 is 39.4 Å². The number of unbranched alkanes of at least 4 members (excludes halogenated alkanes) is 17. The molecule has 0 radical (unpaired) electrons. The summed E-state index contributed by atoms with van der Waals surface area (Å²) in [7, 11) is 0. The summed E-state index contributed by atoms with van der Waals surface area (Å²) in [5, 5.41) is 40.1. The van der Waals surface area contributed by atoms with Crippen LogP contribution in [0.15, 0.2) is 72.9 Å². The Bertz CT molecular complexity index is 1140. The monoisotopic (exact) mass is 845 g/mol. The van der Waals surface area contributed by atoms with Crippen LogP contribution in [-0.4, -0.2) is 89.6 Å². The fourth-order valence-corrected chi connectivity index (χ4v) is 6.89. The Balaban J connectivity index is 2.22. The summed E-state index contributed by atoms with van der Waals surface area (Å²) < 4.78 is 22.7. The van der Waals surface area contributed by atoms with Gasteiger partial charge in [-0.2, -0.15) is 0 Å². The van der Waals surface area contributed by atoms with E-state index in [1.165, 1.54) is 109 Å². The van der Waals surface area contributed by atoms with Crippen molar-refractivity contribution in [2.24, 2.45) is 0 Å². The van der Waals surface area contributed by atoms with Crippen LogP contribution >= 0.6 is 0 Å². The summed E-state index contributed by atoms with van der Waals surface area (Å²) in [4.78, 5) is 12.7. The average molecular weight is 845 g/mol. The standard InChI is InChI=1S/C51H88O9/c1-3-5-7-9-11-13-15-17-18-19-20-21-22-23-24-25-26-27-29-31-33-35-37-39-41-57-43-45(44-58-51-50(56)49(55)48(54)46(42-52)60-51)59-47(53)40-38-36-34-32-30-28-16-14-12-10-8-6-4-2/h6,8,12,14-15,17,19-20,28,30,34,36,45-46,48-52,54-56H,3-5,7,9-11,13,16,18,21-27,29,31-33,35,37-44H2,1-2H3/b8-6-,14-12-,17-15-,20-19-,30-28-,36-34-. The first-order valence-corrected chi connectivity index (χ1v) is 24.0. The minimum Gasteiger partial charge on any atom is -0.457 e. The van der Waals surface area contributed by atoms with Gasteiger partial charge >= 0.3 is 5.97 Å². The van der Waals surface area contributed by atoms with Crippen LogP contribution in [0.1, 0.15) is 181 Å². The first-order valence-electron chi connectivity index (χ1n) is 24.0. The molecule has 0 spiro atoms. The van der Waals surface area contributed by atoms with E-state index in [-0.39, 0.29) is 19.6 Å². The second-order valence-electron chi connectivity index (χ2n) is 16.2. The Labute approximate surface area is 366 Å². The molecule has 4 N–H and O–H groups in total. The molecule has 0 amide bonds. The lowest BCUT2D eigenvalue weighted by Gasteiger charge is -2.39. The third kappa shape index (κ3) is 32.4. The number of esters is 1. The van der Waals surface area contributed by atoms with Gasteiger partial charge in [0, 0.05) is 13.0 Å². The fourth-order valence-electron chi connectivity index (χ4n) is 6.89. The van der Waals surface area contributed by atoms with E-state index in [0.29, 0.717) is 13.0 Å². The van der Waals surface area contributed by atoms with E-state index < -0.39 is 49.4 Å². The molecule has 346 valence electrons. The van der Waals surface area contributed by atoms with E-state index in [2.05, 4.69) is 74.6 Å². The SMILES string of the molecule is CC/C=C\C/C=C\C/C=C\C/C=C\CCC(=O)OC(COCCCCCCCCCCCCCC/C=C\C/C=C\CCCCCCC)COC1OC(CO)C(O)C(O)C1O. The molecule has 6 atom stereocenters. The van der Waals surface area contributed by atoms with Crippen molar-refractivity contribution in [3.05, 3.63) is 72.9 Å². The molecular weight excluding hydrogens is 757 g/mol. The summed E-state index contributed by atoms with van der Waals surface area (Å²) >= 11 is 0. The number of aliphatic hydroxyl groups is 4. The molecule has 0 aromatic carbocycles. The van der Waals surface area contributed by atoms with E-state index >= 15 is 0 Å². The second-order valence-corrected chi connectivity index (χ2v) is 16.2. The molecular formula is C51H88O9. The van der Waals surface area contributed by atoms with E-state index in [1.54, 1.807) is 0 Å². The van der Waals surface area contributed by atoms with Crippen molar-refractivity contribution in [1.82, 2.24) is 0 Å². The summed E-state index contributed by atoms with van der Waals surface area (Å²) in [5.41, 5.74) is 0. The molecule has 6 unspecified atom stereocenters. The molecule has 1 heterocycles. The molecule has 1 aliphatic rings. The van der Waals surface area contributed by atoms with Crippen LogP contribution in [0.5, 0.6) is 0 Å². The minimum absolute atomic E-state index is 0.112. The lowest BCUT2D eigenvalue weighted by Crippen LogP contribution is -2.59. The maximum absolute atomic E-state index is 12.7. The van der Waals surface area contributed by atoms with Gasteiger partial charge in [-0.25, -0.2) is 0 Å². The van der Waals surface area contributed by atoms with Crippen molar-refractivity contribution in [1.29, 1.82) is 0 Å². The molecule has 0 saturated carbocycles. The molecule has 9 heteroatoms. The topological polar surface area (TPSA) is 135 Å². The summed E-state index contributed by atoms with van der Waals surface area (Å²) in [5.74, 6) is -0.395. The number of hydrogen-bond acceptors (Lipinski definition) is 9. The Morgan fingerprint density at radius 3 is 1.53 bits per heavy atom. The van der Waals surface area contributed by atoms with Crippen LogP contribution in [0.25, 0.3) is 0 Å². The van der Waals surface area contributed by atoms with Crippen molar-refractivity contribution >= 4 is 5.97 Å². The van der Waals surface area contributed by atoms with Crippen LogP contribution < -0.4 is 0 Å². The molecule has 60 heavy (non-hydrogen) atoms. The quantitative estimate of drug-likeness (QED) is 0.0270. The predicted octanol–water partition coefficient (Wildman–Crippen LogP) is 11.3. The van der Waals surface area contributed by atoms with Gasteiger partial charge in [-0.05, 0) is 70.6 Å². The van der Waals surface area contributed by atoms with Crippen molar-refractivity contribution in [3.8, 4) is 0 Å². The van der Waals surface area contributed by atoms with Gasteiger partial charge in [0.15, 0.2) is 6.29 Å². The zero-order chi connectivity index (χ0) is 43.6. The van der Waals surface area contributed by atoms with Gasteiger partial charge in [-0.3, -0.25) is 4.79 Å². The number of ether oxygens (including phenoxy) is 4. The molecule has 1 rings (SSSR count). The molecule has 0 aliphatic carbocycles. The summed E-state index contributed by atoms with van der Waals surface area (Å²) in [6.45, 7) is 4.33. The number of carbonyl (C=O) groups excluding carboxylic acids is 1. The lowest BCUT2D eigenvalue weighted by atomic mass is 9.99. The lowest BCUT2D eigenvalue weighted by molar-refractivity contribution is -0.305. The Hall–Kier alpha value is -2.37. The average Bonchev–Trinajstić information content (AvgIpc) is 3.25. The van der Waals surface area contributed by atoms with E-state index in [4.69, 9.17) is 18.9 Å². The second kappa shape index (κ2) is 42.0. The van der Waals surface area contributed by atoms with Gasteiger partial charge in [0.25, 0.3) is 0 Å². The molecule has 1 saturated heterocycles. The van der Waals surface area contributed by atoms with E-state index in [9.17, 15) is 25.2 Å². The molecule has 1 fully saturated rings. The maximum Gasteiger partial charge on any atom is 0.306 e. The minimum atomic E-state index is -1.55. The molecule has 0 bridgehead atoms. The Kier molecular flexibility index (Phi) is 38.9. The maximum atomic E-state index is 12.7. The van der Waals surface area contributed by atoms with Gasteiger partial charge in [-0.1, -0.05) is 177 Å². The number of allylic oxidation sites excluding steroid dienone is 12. The number of rotatable bonds is 40. The van der Waals surface area contributed by atoms with E-state index in [1.807, 2.05) is 12.2 Å². The molecule has 9 nitrogen and oxygen atoms in total. The Morgan fingerprint density at radius 2 is 1.02 bits per heavy atom. The highest BCUT2D eigenvalue weighted by Crippen LogP contribution is 2.22. The van der Waals surface area contributed by atoms with Crippen LogP contribution in [0.4, 0.5) is 0 Å². The zero-order valence-corrected chi connectivity index (χ0v) is 37.9. The van der Waals surface area contributed by atoms with Crippen LogP contribution in [0.2, 0.25) is 0 Å². The highest BCUT2D eigenvalue weighted by molar-refractivity contribution is 5.69. The van der Waals surface area contributed by atoms with Crippen LogP contribution in [0, 0.1) is 0 Å². The third-order valence-electron chi connectivity index (χ3n) is 10.6. The van der Waals surface area contributed by atoms with Gasteiger partial charge in [0.2, 0.25) is 0 Å². The highest BCUT2D eigenvalue weighted by atomic mass is 16.7. The highest BCUT2D eigenvalue weighted by Gasteiger charge is 2.44. The van der Waals surface area contributed by atoms with Gasteiger partial charge in [0.05, 0.1) is 19.8 Å². The number of aliphatic hydroxyl groups excluding tert-OH is 4. The van der Waals surface area contributed by atoms with Crippen LogP contribution in [0.3, 0.4) is 0 Å². The van der Waals surface area contributed by atoms with Crippen molar-refractivity contribution < 1.29 is 44.2 Å². The number of carbonyl (C=O) groups is 1. The summed E-state index contributed by atoms with van der Waals surface area (Å²) in [6.07, 6.45) is 48.1. The molecule has 0 aromatic heterocycles. The molecule has 0 aromatic rings. The summed E-state index contributed by atoms with van der Waals surface area (Å²) in [6, 6.07) is 0.